The molecule has 0 spiro atoms. The molecule has 4 amide bonds. The zero-order valence-electron chi connectivity index (χ0n) is 12.9. The Morgan fingerprint density at radius 3 is 2.33 bits per heavy atom. The van der Waals surface area contributed by atoms with Crippen molar-refractivity contribution in [3.05, 3.63) is 0 Å². The fraction of sp³-hybridized carbons (Fsp3) is 0.812. The molecule has 5 heteroatoms. The summed E-state index contributed by atoms with van der Waals surface area (Å²) in [6.45, 7) is 4.33. The molecule has 5 nitrogen and oxygen atoms in total. The zero-order chi connectivity index (χ0) is 15.2. The van der Waals surface area contributed by atoms with Crippen LogP contribution in [0.2, 0.25) is 0 Å². The van der Waals surface area contributed by atoms with E-state index in [1.54, 1.807) is 0 Å². The van der Waals surface area contributed by atoms with Gasteiger partial charge in [-0.05, 0) is 43.4 Å². The molecule has 0 aromatic heterocycles. The molecular weight excluding hydrogens is 268 g/mol. The third kappa shape index (κ3) is 2.58. The van der Waals surface area contributed by atoms with E-state index in [-0.39, 0.29) is 29.2 Å². The van der Waals surface area contributed by atoms with E-state index in [9.17, 15) is 14.4 Å². The summed E-state index contributed by atoms with van der Waals surface area (Å²) in [5.74, 6) is -1.17. The van der Waals surface area contributed by atoms with Crippen LogP contribution in [-0.2, 0) is 9.59 Å². The summed E-state index contributed by atoms with van der Waals surface area (Å²) in [4.78, 5) is 38.4. The van der Waals surface area contributed by atoms with Crippen molar-refractivity contribution in [2.75, 3.05) is 0 Å². The van der Waals surface area contributed by atoms with Crippen LogP contribution in [0.5, 0.6) is 0 Å². The lowest BCUT2D eigenvalue weighted by Crippen LogP contribution is -2.61. The lowest BCUT2D eigenvalue weighted by molar-refractivity contribution is -0.146. The highest BCUT2D eigenvalue weighted by atomic mass is 16.2. The topological polar surface area (TPSA) is 66.5 Å². The Hall–Kier alpha value is -1.39. The number of barbiturate groups is 1. The van der Waals surface area contributed by atoms with Crippen LogP contribution >= 0.6 is 0 Å². The van der Waals surface area contributed by atoms with Gasteiger partial charge < -0.3 is 0 Å². The number of nitrogens with zero attached hydrogens (tertiary/aromatic N) is 1. The van der Waals surface area contributed by atoms with Crippen molar-refractivity contribution >= 4 is 17.8 Å². The van der Waals surface area contributed by atoms with Gasteiger partial charge in [0.05, 0.1) is 0 Å². The number of carbonyl (C=O) groups excluding carboxylic acids is 3. The van der Waals surface area contributed by atoms with Gasteiger partial charge in [0.2, 0.25) is 11.8 Å². The van der Waals surface area contributed by atoms with Crippen molar-refractivity contribution in [1.82, 2.24) is 10.2 Å². The Labute approximate surface area is 125 Å². The Bertz CT molecular complexity index is 480. The molecule has 116 valence electrons. The molecule has 3 fully saturated rings. The molecule has 2 saturated carbocycles. The van der Waals surface area contributed by atoms with E-state index in [0.717, 1.165) is 44.9 Å². The molecule has 2 unspecified atom stereocenters. The summed E-state index contributed by atoms with van der Waals surface area (Å²) in [6, 6.07) is -0.563. The van der Waals surface area contributed by atoms with E-state index < -0.39 is 11.9 Å². The van der Waals surface area contributed by atoms with Crippen LogP contribution in [0.4, 0.5) is 4.79 Å². The Morgan fingerprint density at radius 1 is 1.10 bits per heavy atom. The minimum atomic E-state index is -0.645. The number of carbonyl (C=O) groups is 3. The van der Waals surface area contributed by atoms with E-state index in [2.05, 4.69) is 19.2 Å². The molecule has 0 radical (unpaired) electrons. The summed E-state index contributed by atoms with van der Waals surface area (Å²) in [6.07, 6.45) is 6.68. The highest BCUT2D eigenvalue weighted by Crippen LogP contribution is 2.41. The average molecular weight is 292 g/mol. The molecule has 1 heterocycles. The van der Waals surface area contributed by atoms with Crippen LogP contribution < -0.4 is 5.32 Å². The number of urea groups is 1. The second-order valence-corrected chi connectivity index (χ2v) is 7.59. The first-order chi connectivity index (χ1) is 9.89. The van der Waals surface area contributed by atoms with E-state index >= 15 is 0 Å². The Balaban J connectivity index is 1.81. The molecule has 0 bridgehead atoms. The Kier molecular flexibility index (Phi) is 3.54. The average Bonchev–Trinajstić information content (AvgIpc) is 2.99. The molecule has 0 aromatic carbocycles. The van der Waals surface area contributed by atoms with E-state index in [1.807, 2.05) is 0 Å². The highest BCUT2D eigenvalue weighted by Gasteiger charge is 2.49. The number of amides is 4. The van der Waals surface area contributed by atoms with Gasteiger partial charge in [0.25, 0.3) is 0 Å². The molecule has 1 saturated heterocycles. The summed E-state index contributed by atoms with van der Waals surface area (Å²) in [5.41, 5.74) is 0.162. The molecule has 2 atom stereocenters. The van der Waals surface area contributed by atoms with Crippen LogP contribution in [0.3, 0.4) is 0 Å². The molecule has 1 aliphatic heterocycles. The number of imide groups is 2. The van der Waals surface area contributed by atoms with Gasteiger partial charge in [0.1, 0.15) is 5.92 Å². The number of hydrogen-bond donors (Lipinski definition) is 1. The van der Waals surface area contributed by atoms with Gasteiger partial charge in [-0.3, -0.25) is 19.8 Å². The number of rotatable bonds is 2. The molecular formula is C16H24N2O3. The predicted molar refractivity (Wildman–Crippen MR) is 77.3 cm³/mol. The first-order valence-electron chi connectivity index (χ1n) is 8.07. The summed E-state index contributed by atoms with van der Waals surface area (Å²) in [5, 5.41) is 2.42. The number of nitrogens with one attached hydrogen (secondary N) is 1. The predicted octanol–water partition coefficient (Wildman–Crippen LogP) is 2.45. The zero-order valence-corrected chi connectivity index (χ0v) is 12.9. The Morgan fingerprint density at radius 2 is 1.76 bits per heavy atom. The smallest absolute Gasteiger partial charge is 0.277 e. The molecule has 0 aromatic rings. The van der Waals surface area contributed by atoms with Gasteiger partial charge in [-0.2, -0.15) is 0 Å². The van der Waals surface area contributed by atoms with Gasteiger partial charge in [-0.15, -0.1) is 0 Å². The fourth-order valence-electron chi connectivity index (χ4n) is 4.28. The minimum Gasteiger partial charge on any atom is -0.277 e. The van der Waals surface area contributed by atoms with Crippen LogP contribution in [-0.4, -0.2) is 28.8 Å². The van der Waals surface area contributed by atoms with Crippen molar-refractivity contribution < 1.29 is 14.4 Å². The standard InChI is InChI=1S/C16H24N2O3/c1-16(2)8-7-11(9-16)18-14(20)12(10-5-3-4-6-10)13(19)17-15(18)21/h10-12H,3-9H2,1-2H3,(H,17,19,21). The maximum atomic E-state index is 12.8. The van der Waals surface area contributed by atoms with Gasteiger partial charge in [-0.25, -0.2) is 4.79 Å². The summed E-state index contributed by atoms with van der Waals surface area (Å²) in [7, 11) is 0. The van der Waals surface area contributed by atoms with E-state index in [0.29, 0.717) is 0 Å². The SMILES string of the molecule is CC1(C)CCC(N2C(=O)NC(=O)C(C3CCCC3)C2=O)C1. The first-order valence-corrected chi connectivity index (χ1v) is 8.07. The third-order valence-electron chi connectivity index (χ3n) is 5.41. The van der Waals surface area contributed by atoms with E-state index in [1.165, 1.54) is 4.90 Å². The van der Waals surface area contributed by atoms with Gasteiger partial charge in [0.15, 0.2) is 0 Å². The van der Waals surface area contributed by atoms with Crippen molar-refractivity contribution in [1.29, 1.82) is 0 Å². The normalized spacial score (nSPS) is 33.6. The number of hydrogen-bond acceptors (Lipinski definition) is 3. The third-order valence-corrected chi connectivity index (χ3v) is 5.41. The quantitative estimate of drug-likeness (QED) is 0.795. The van der Waals surface area contributed by atoms with Crippen molar-refractivity contribution in [2.45, 2.75) is 64.8 Å². The molecule has 1 N–H and O–H groups in total. The molecule has 21 heavy (non-hydrogen) atoms. The minimum absolute atomic E-state index is 0.0514. The van der Waals surface area contributed by atoms with Crippen LogP contribution in [0.25, 0.3) is 0 Å². The monoisotopic (exact) mass is 292 g/mol. The van der Waals surface area contributed by atoms with Crippen LogP contribution in [0.1, 0.15) is 58.8 Å². The highest BCUT2D eigenvalue weighted by molar-refractivity contribution is 6.16. The molecule has 3 aliphatic rings. The van der Waals surface area contributed by atoms with Gasteiger partial charge in [0, 0.05) is 6.04 Å². The lowest BCUT2D eigenvalue weighted by atomic mass is 9.86. The maximum Gasteiger partial charge on any atom is 0.331 e. The van der Waals surface area contributed by atoms with Crippen molar-refractivity contribution in [3.8, 4) is 0 Å². The second-order valence-electron chi connectivity index (χ2n) is 7.59. The van der Waals surface area contributed by atoms with Crippen LogP contribution in [0.15, 0.2) is 0 Å². The lowest BCUT2D eigenvalue weighted by Gasteiger charge is -2.36. The van der Waals surface area contributed by atoms with Gasteiger partial charge >= 0.3 is 6.03 Å². The molecule has 2 aliphatic carbocycles. The summed E-state index contributed by atoms with van der Waals surface area (Å²) >= 11 is 0. The second kappa shape index (κ2) is 5.11. The first kappa shape index (κ1) is 14.5. The summed E-state index contributed by atoms with van der Waals surface area (Å²) < 4.78 is 0. The molecule has 3 rings (SSSR count). The van der Waals surface area contributed by atoms with Crippen molar-refractivity contribution in [2.24, 2.45) is 17.3 Å². The largest absolute Gasteiger partial charge is 0.331 e. The maximum absolute atomic E-state index is 12.8. The fourth-order valence-corrected chi connectivity index (χ4v) is 4.28. The van der Waals surface area contributed by atoms with Crippen molar-refractivity contribution in [3.63, 3.8) is 0 Å². The van der Waals surface area contributed by atoms with Gasteiger partial charge in [-0.1, -0.05) is 26.7 Å². The van der Waals surface area contributed by atoms with E-state index in [4.69, 9.17) is 0 Å². The van der Waals surface area contributed by atoms with Crippen LogP contribution in [0, 0.1) is 17.3 Å².